The van der Waals surface area contributed by atoms with E-state index in [1.165, 1.54) is 30.1 Å². The normalized spacial score (nSPS) is 9.88. The summed E-state index contributed by atoms with van der Waals surface area (Å²) in [6, 6.07) is 2.26. The average Bonchev–Trinajstić information content (AvgIpc) is 2.55. The summed E-state index contributed by atoms with van der Waals surface area (Å²) >= 11 is 11.2. The molecule has 0 bridgehead atoms. The first-order chi connectivity index (χ1) is 12.1. The van der Waals surface area contributed by atoms with E-state index in [9.17, 15) is 19.2 Å². The van der Waals surface area contributed by atoms with Crippen LogP contribution in [0.2, 0.25) is 10.0 Å². The van der Waals surface area contributed by atoms with Crippen molar-refractivity contribution in [2.24, 2.45) is 14.1 Å². The van der Waals surface area contributed by atoms with Crippen molar-refractivity contribution in [2.45, 2.75) is 6.92 Å². The fourth-order valence-electron chi connectivity index (χ4n) is 1.73. The summed E-state index contributed by atoms with van der Waals surface area (Å²) in [7, 11) is 3.01. The fraction of sp³-hybridized carbons (Fsp3) is 0.250. The van der Waals surface area contributed by atoms with Crippen molar-refractivity contribution in [3.63, 3.8) is 0 Å². The minimum Gasteiger partial charge on any atom is -0.478 e. The Morgan fingerprint density at radius 3 is 1.85 bits per heavy atom. The minimum atomic E-state index is -1.14. The lowest BCUT2D eigenvalue weighted by Crippen LogP contribution is -2.18. The van der Waals surface area contributed by atoms with Gasteiger partial charge >= 0.3 is 11.9 Å². The van der Waals surface area contributed by atoms with Crippen LogP contribution in [0.25, 0.3) is 0 Å². The Morgan fingerprint density at radius 1 is 1.00 bits per heavy atom. The zero-order valence-electron chi connectivity index (χ0n) is 14.2. The largest absolute Gasteiger partial charge is 0.478 e. The molecular weight excluding hydrogens is 387 g/mol. The molecule has 1 N–H and O–H groups in total. The number of carboxylic acids is 1. The summed E-state index contributed by atoms with van der Waals surface area (Å²) in [6.45, 7) is 1.98. The summed E-state index contributed by atoms with van der Waals surface area (Å²) < 4.78 is 7.20. The Balaban J connectivity index is 0.000000263. The maximum Gasteiger partial charge on any atom is 0.341 e. The second-order valence-electron chi connectivity index (χ2n) is 4.99. The molecule has 0 aliphatic heterocycles. The van der Waals surface area contributed by atoms with Gasteiger partial charge in [-0.2, -0.15) is 0 Å². The number of aryl methyl sites for hydroxylation is 2. The highest BCUT2D eigenvalue weighted by Crippen LogP contribution is 2.13. The van der Waals surface area contributed by atoms with Crippen LogP contribution in [0, 0.1) is 0 Å². The molecule has 2 aromatic rings. The van der Waals surface area contributed by atoms with E-state index in [1.54, 1.807) is 14.0 Å². The number of carbonyl (C=O) groups excluding carboxylic acids is 1. The monoisotopic (exact) mass is 402 g/mol. The maximum absolute atomic E-state index is 11.3. The van der Waals surface area contributed by atoms with Crippen molar-refractivity contribution >= 4 is 35.1 Å². The number of esters is 1. The molecule has 10 heteroatoms. The van der Waals surface area contributed by atoms with Gasteiger partial charge in [0, 0.05) is 38.6 Å². The summed E-state index contributed by atoms with van der Waals surface area (Å²) in [5.41, 5.74) is -0.456. The van der Waals surface area contributed by atoms with Crippen LogP contribution in [0.15, 0.2) is 34.1 Å². The molecule has 0 aliphatic rings. The molecule has 0 aliphatic carbocycles. The third-order valence-corrected chi connectivity index (χ3v) is 3.71. The van der Waals surface area contributed by atoms with Crippen LogP contribution in [-0.2, 0) is 18.8 Å². The number of aromatic carboxylic acids is 1. The lowest BCUT2D eigenvalue weighted by Gasteiger charge is -2.05. The molecule has 0 aromatic carbocycles. The predicted molar refractivity (Wildman–Crippen MR) is 96.3 cm³/mol. The van der Waals surface area contributed by atoms with Gasteiger partial charge in [-0.05, 0) is 6.92 Å². The summed E-state index contributed by atoms with van der Waals surface area (Å²) in [5, 5.41) is 8.66. The molecule has 0 saturated carbocycles. The molecule has 0 spiro atoms. The van der Waals surface area contributed by atoms with Gasteiger partial charge in [0.25, 0.3) is 11.1 Å². The standard InChI is InChI=1S/C9H10ClNO3.C7H6ClNO3/c1-3-14-9(13)6-5-11(2)8(12)4-7(6)10;1-9-3-4(7(11)12)5(8)2-6(9)10/h4-5H,3H2,1-2H3;2-3H,1H3,(H,11,12). The van der Waals surface area contributed by atoms with E-state index in [1.807, 2.05) is 0 Å². The number of ether oxygens (including phenoxy) is 1. The Hall–Kier alpha value is -2.58. The fourth-order valence-corrected chi connectivity index (χ4v) is 2.17. The zero-order chi connectivity index (χ0) is 20.0. The maximum atomic E-state index is 11.3. The molecule has 2 rings (SSSR count). The Bertz CT molecular complexity index is 949. The molecule has 8 nitrogen and oxygen atoms in total. The molecule has 0 atom stereocenters. The van der Waals surface area contributed by atoms with E-state index < -0.39 is 11.9 Å². The van der Waals surface area contributed by atoms with Gasteiger partial charge in [0.2, 0.25) is 0 Å². The highest BCUT2D eigenvalue weighted by molar-refractivity contribution is 6.33. The van der Waals surface area contributed by atoms with Crippen molar-refractivity contribution in [1.29, 1.82) is 0 Å². The molecule has 0 fully saturated rings. The molecule has 140 valence electrons. The van der Waals surface area contributed by atoms with Crippen LogP contribution in [0.3, 0.4) is 0 Å². The second kappa shape index (κ2) is 9.21. The number of carbonyl (C=O) groups is 2. The van der Waals surface area contributed by atoms with E-state index in [2.05, 4.69) is 0 Å². The lowest BCUT2D eigenvalue weighted by atomic mass is 10.3. The predicted octanol–water partition coefficient (Wildman–Crippen LogP) is 1.95. The van der Waals surface area contributed by atoms with E-state index >= 15 is 0 Å². The van der Waals surface area contributed by atoms with E-state index in [0.29, 0.717) is 0 Å². The molecule has 2 aromatic heterocycles. The van der Waals surface area contributed by atoms with Gasteiger partial charge in [-0.25, -0.2) is 9.59 Å². The van der Waals surface area contributed by atoms with Crippen LogP contribution in [0.4, 0.5) is 0 Å². The lowest BCUT2D eigenvalue weighted by molar-refractivity contribution is 0.0525. The first-order valence-electron chi connectivity index (χ1n) is 7.21. The smallest absolute Gasteiger partial charge is 0.341 e. The molecule has 0 saturated heterocycles. The minimum absolute atomic E-state index is 0.0365. The average molecular weight is 403 g/mol. The van der Waals surface area contributed by atoms with Gasteiger partial charge < -0.3 is 19.0 Å². The van der Waals surface area contributed by atoms with Gasteiger partial charge in [0.15, 0.2) is 0 Å². The first kappa shape index (κ1) is 21.5. The molecule has 2 heterocycles. The van der Waals surface area contributed by atoms with Crippen molar-refractivity contribution < 1.29 is 19.4 Å². The molecule has 26 heavy (non-hydrogen) atoms. The number of nitrogens with zero attached hydrogens (tertiary/aromatic N) is 2. The number of rotatable bonds is 3. The van der Waals surface area contributed by atoms with Crippen LogP contribution < -0.4 is 11.1 Å². The zero-order valence-corrected chi connectivity index (χ0v) is 15.7. The molecule has 0 radical (unpaired) electrons. The Morgan fingerprint density at radius 2 is 1.42 bits per heavy atom. The van der Waals surface area contributed by atoms with Crippen molar-refractivity contribution in [3.05, 3.63) is 66.4 Å². The third kappa shape index (κ3) is 5.47. The topological polar surface area (TPSA) is 108 Å². The van der Waals surface area contributed by atoms with Gasteiger partial charge in [-0.3, -0.25) is 9.59 Å². The van der Waals surface area contributed by atoms with Crippen LogP contribution in [0.1, 0.15) is 27.6 Å². The summed E-state index contributed by atoms with van der Waals surface area (Å²) in [4.78, 5) is 43.8. The number of hydrogen-bond acceptors (Lipinski definition) is 5. The number of pyridine rings is 2. The van der Waals surface area contributed by atoms with Gasteiger partial charge in [-0.15, -0.1) is 0 Å². The quantitative estimate of drug-likeness (QED) is 0.785. The van der Waals surface area contributed by atoms with Gasteiger partial charge in [0.1, 0.15) is 0 Å². The third-order valence-electron chi connectivity index (χ3n) is 3.08. The number of carboxylic acid groups (broad SMARTS) is 1. The van der Waals surface area contributed by atoms with Crippen LogP contribution in [-0.4, -0.2) is 32.8 Å². The summed E-state index contributed by atoms with van der Waals surface area (Å²) in [6.07, 6.45) is 2.55. The van der Waals surface area contributed by atoms with Crippen LogP contribution in [0.5, 0.6) is 0 Å². The Labute approximate surface area is 158 Å². The van der Waals surface area contributed by atoms with E-state index in [-0.39, 0.29) is 38.9 Å². The van der Waals surface area contributed by atoms with Crippen molar-refractivity contribution in [3.8, 4) is 0 Å². The molecule has 0 unspecified atom stereocenters. The van der Waals surface area contributed by atoms with E-state index in [4.69, 9.17) is 33.0 Å². The molecular formula is C16H16Cl2N2O6. The second-order valence-corrected chi connectivity index (χ2v) is 5.81. The van der Waals surface area contributed by atoms with Crippen molar-refractivity contribution in [2.75, 3.05) is 6.61 Å². The highest BCUT2D eigenvalue weighted by Gasteiger charge is 2.12. The highest BCUT2D eigenvalue weighted by atomic mass is 35.5. The Kier molecular flexibility index (Phi) is 7.60. The summed E-state index contributed by atoms with van der Waals surface area (Å²) in [5.74, 6) is -1.66. The SMILES string of the molecule is CCOC(=O)c1cn(C)c(=O)cc1Cl.Cn1cc(C(=O)O)c(Cl)cc1=O. The first-order valence-corrected chi connectivity index (χ1v) is 7.96. The van der Waals surface area contributed by atoms with E-state index in [0.717, 1.165) is 10.6 Å². The van der Waals surface area contributed by atoms with Crippen molar-refractivity contribution in [1.82, 2.24) is 9.13 Å². The molecule has 0 amide bonds. The van der Waals surface area contributed by atoms with Gasteiger partial charge in [0.05, 0.1) is 27.8 Å². The number of hydrogen-bond donors (Lipinski definition) is 1. The number of aromatic nitrogens is 2. The van der Waals surface area contributed by atoms with Gasteiger partial charge in [-0.1, -0.05) is 23.2 Å². The number of halogens is 2. The van der Waals surface area contributed by atoms with Crippen LogP contribution >= 0.6 is 23.2 Å².